The van der Waals surface area contributed by atoms with Crippen LogP contribution in [0.5, 0.6) is 5.75 Å². The average Bonchev–Trinajstić information content (AvgIpc) is 2.29. The minimum absolute atomic E-state index is 0. The van der Waals surface area contributed by atoms with Gasteiger partial charge in [-0.2, -0.15) is 0 Å². The van der Waals surface area contributed by atoms with Crippen LogP contribution >= 0.6 is 17.0 Å². The zero-order valence-corrected chi connectivity index (χ0v) is 11.0. The molecule has 0 atom stereocenters. The molecule has 0 aliphatic rings. The van der Waals surface area contributed by atoms with Gasteiger partial charge in [-0.1, -0.05) is 24.3 Å². The zero-order chi connectivity index (χ0) is 10.7. The molecule has 16 heavy (non-hydrogen) atoms. The quantitative estimate of drug-likeness (QED) is 0.939. The lowest BCUT2D eigenvalue weighted by atomic mass is 10.0. The maximum absolute atomic E-state index is 5.59. The number of fused-ring (bicyclic) bond motifs is 1. The molecule has 2 N–H and O–H groups in total. The van der Waals surface area contributed by atoms with Crippen LogP contribution in [0.3, 0.4) is 0 Å². The second-order valence-electron chi connectivity index (χ2n) is 3.54. The fraction of sp³-hybridized carbons (Fsp3) is 0.231. The summed E-state index contributed by atoms with van der Waals surface area (Å²) in [5.74, 6) is 0.895. The molecule has 0 bridgehead atoms. The fourth-order valence-electron chi connectivity index (χ4n) is 1.82. The van der Waals surface area contributed by atoms with Gasteiger partial charge in [-0.15, -0.1) is 17.0 Å². The van der Waals surface area contributed by atoms with Gasteiger partial charge in [-0.25, -0.2) is 0 Å². The van der Waals surface area contributed by atoms with E-state index >= 15 is 0 Å². The third-order valence-corrected chi connectivity index (χ3v) is 2.59. The molecule has 3 heteroatoms. The van der Waals surface area contributed by atoms with Crippen molar-refractivity contribution >= 4 is 27.8 Å². The lowest BCUT2D eigenvalue weighted by molar-refractivity contribution is 0.415. The number of rotatable bonds is 3. The Morgan fingerprint density at radius 2 is 2.00 bits per heavy atom. The number of ether oxygens (including phenoxy) is 1. The fourth-order valence-corrected chi connectivity index (χ4v) is 1.82. The summed E-state index contributed by atoms with van der Waals surface area (Å²) in [6.45, 7) is 0.677. The van der Waals surface area contributed by atoms with E-state index < -0.39 is 0 Å². The summed E-state index contributed by atoms with van der Waals surface area (Å²) >= 11 is 0. The number of halogens is 1. The highest BCUT2D eigenvalue weighted by atomic mass is 79.9. The first-order valence-electron chi connectivity index (χ1n) is 5.11. The Morgan fingerprint density at radius 1 is 1.19 bits per heavy atom. The zero-order valence-electron chi connectivity index (χ0n) is 9.27. The topological polar surface area (TPSA) is 35.2 Å². The van der Waals surface area contributed by atoms with Crippen LogP contribution in [0.2, 0.25) is 0 Å². The molecule has 0 aromatic heterocycles. The van der Waals surface area contributed by atoms with E-state index in [2.05, 4.69) is 30.3 Å². The molecule has 0 spiro atoms. The van der Waals surface area contributed by atoms with Crippen molar-refractivity contribution in [2.24, 2.45) is 5.73 Å². The van der Waals surface area contributed by atoms with E-state index in [9.17, 15) is 0 Å². The molecule has 0 aliphatic heterocycles. The van der Waals surface area contributed by atoms with E-state index in [1.807, 2.05) is 6.07 Å². The van der Waals surface area contributed by atoms with Gasteiger partial charge in [0.15, 0.2) is 0 Å². The summed E-state index contributed by atoms with van der Waals surface area (Å²) in [4.78, 5) is 0. The van der Waals surface area contributed by atoms with Crippen molar-refractivity contribution in [3.8, 4) is 5.75 Å². The molecule has 0 radical (unpaired) electrons. The van der Waals surface area contributed by atoms with Crippen LogP contribution < -0.4 is 10.5 Å². The summed E-state index contributed by atoms with van der Waals surface area (Å²) in [6.07, 6.45) is 0.907. The lowest BCUT2D eigenvalue weighted by Gasteiger charge is -2.07. The van der Waals surface area contributed by atoms with Crippen LogP contribution in [0.1, 0.15) is 5.56 Å². The van der Waals surface area contributed by atoms with Crippen LogP contribution in [-0.4, -0.2) is 13.7 Å². The normalized spacial score (nSPS) is 9.88. The maximum atomic E-state index is 5.59. The van der Waals surface area contributed by atoms with E-state index in [1.54, 1.807) is 7.11 Å². The molecular weight excluding hydrogens is 266 g/mol. The van der Waals surface area contributed by atoms with Crippen molar-refractivity contribution in [1.29, 1.82) is 0 Å². The van der Waals surface area contributed by atoms with E-state index in [-0.39, 0.29) is 17.0 Å². The first kappa shape index (κ1) is 13.0. The number of hydrogen-bond donors (Lipinski definition) is 1. The molecule has 2 nitrogen and oxygen atoms in total. The van der Waals surface area contributed by atoms with Gasteiger partial charge in [-0.05, 0) is 41.4 Å². The van der Waals surface area contributed by atoms with Crippen LogP contribution in [0.25, 0.3) is 10.8 Å². The van der Waals surface area contributed by atoms with Crippen molar-refractivity contribution < 1.29 is 4.74 Å². The molecule has 2 aromatic rings. The van der Waals surface area contributed by atoms with Crippen molar-refractivity contribution in [3.05, 3.63) is 42.0 Å². The Kier molecular flexibility index (Phi) is 4.77. The number of benzene rings is 2. The van der Waals surface area contributed by atoms with E-state index in [0.29, 0.717) is 6.54 Å². The second-order valence-corrected chi connectivity index (χ2v) is 3.54. The molecule has 2 rings (SSSR count). The molecule has 0 unspecified atom stereocenters. The third kappa shape index (κ3) is 2.54. The predicted molar refractivity (Wildman–Crippen MR) is 73.6 cm³/mol. The van der Waals surface area contributed by atoms with E-state index in [4.69, 9.17) is 10.5 Å². The number of methoxy groups -OCH3 is 1. The van der Waals surface area contributed by atoms with Gasteiger partial charge in [0.05, 0.1) is 7.11 Å². The van der Waals surface area contributed by atoms with Crippen molar-refractivity contribution in [1.82, 2.24) is 0 Å². The highest BCUT2D eigenvalue weighted by Gasteiger charge is 2.01. The monoisotopic (exact) mass is 281 g/mol. The van der Waals surface area contributed by atoms with E-state index in [1.165, 1.54) is 16.3 Å². The largest absolute Gasteiger partial charge is 0.497 e. The van der Waals surface area contributed by atoms with Crippen molar-refractivity contribution in [2.45, 2.75) is 6.42 Å². The summed E-state index contributed by atoms with van der Waals surface area (Å²) in [6, 6.07) is 12.4. The van der Waals surface area contributed by atoms with Gasteiger partial charge in [0.1, 0.15) is 5.75 Å². The molecule has 0 aliphatic carbocycles. The second kappa shape index (κ2) is 5.87. The number of hydrogen-bond acceptors (Lipinski definition) is 2. The minimum atomic E-state index is 0. The standard InChI is InChI=1S/C13H15NO.BrH/c1-15-12-6-5-10-3-2-4-11(7-8-14)13(10)9-12;/h2-6,9H,7-8,14H2,1H3;1H. The molecular formula is C13H16BrNO. The molecule has 0 saturated carbocycles. The molecule has 86 valence electrons. The van der Waals surface area contributed by atoms with Gasteiger partial charge < -0.3 is 10.5 Å². The predicted octanol–water partition coefficient (Wildman–Crippen LogP) is 2.93. The van der Waals surface area contributed by atoms with Crippen molar-refractivity contribution in [3.63, 3.8) is 0 Å². The van der Waals surface area contributed by atoms with Gasteiger partial charge >= 0.3 is 0 Å². The van der Waals surface area contributed by atoms with Gasteiger partial charge in [0.25, 0.3) is 0 Å². The molecule has 0 fully saturated rings. The summed E-state index contributed by atoms with van der Waals surface area (Å²) in [5, 5.41) is 2.48. The number of nitrogens with two attached hydrogens (primary N) is 1. The average molecular weight is 282 g/mol. The van der Waals surface area contributed by atoms with E-state index in [0.717, 1.165) is 12.2 Å². The van der Waals surface area contributed by atoms with Crippen LogP contribution in [0, 0.1) is 0 Å². The lowest BCUT2D eigenvalue weighted by Crippen LogP contribution is -2.03. The highest BCUT2D eigenvalue weighted by molar-refractivity contribution is 8.93. The minimum Gasteiger partial charge on any atom is -0.497 e. The molecule has 2 aromatic carbocycles. The Bertz CT molecular complexity index is 470. The SMILES string of the molecule is Br.COc1ccc2cccc(CCN)c2c1. The molecule has 0 heterocycles. The first-order chi connectivity index (χ1) is 7.35. The van der Waals surface area contributed by atoms with Crippen LogP contribution in [0.15, 0.2) is 36.4 Å². The smallest absolute Gasteiger partial charge is 0.119 e. The Balaban J connectivity index is 0.00000128. The maximum Gasteiger partial charge on any atom is 0.119 e. The van der Waals surface area contributed by atoms with Gasteiger partial charge in [-0.3, -0.25) is 0 Å². The van der Waals surface area contributed by atoms with Crippen LogP contribution in [0.4, 0.5) is 0 Å². The Hall–Kier alpha value is -1.06. The van der Waals surface area contributed by atoms with Crippen molar-refractivity contribution in [2.75, 3.05) is 13.7 Å². The summed E-state index contributed by atoms with van der Waals surface area (Å²) < 4.78 is 5.22. The molecule has 0 amide bonds. The van der Waals surface area contributed by atoms with Gasteiger partial charge in [0, 0.05) is 0 Å². The van der Waals surface area contributed by atoms with Crippen LogP contribution in [-0.2, 0) is 6.42 Å². The Morgan fingerprint density at radius 3 is 2.69 bits per heavy atom. The third-order valence-electron chi connectivity index (χ3n) is 2.59. The first-order valence-corrected chi connectivity index (χ1v) is 5.11. The highest BCUT2D eigenvalue weighted by Crippen LogP contribution is 2.24. The van der Waals surface area contributed by atoms with Gasteiger partial charge in [0.2, 0.25) is 0 Å². The summed E-state index contributed by atoms with van der Waals surface area (Å²) in [7, 11) is 1.69. The summed E-state index contributed by atoms with van der Waals surface area (Å²) in [5.41, 5.74) is 6.88. The molecule has 0 saturated heterocycles. The Labute approximate surface area is 106 Å².